The maximum absolute atomic E-state index is 6.35. The van der Waals surface area contributed by atoms with Gasteiger partial charge < -0.3 is 18.9 Å². The molecule has 15 rings (SSSR count). The van der Waals surface area contributed by atoms with Gasteiger partial charge in [0.1, 0.15) is 80.0 Å². The first-order valence-electron chi connectivity index (χ1n) is 23.7. The molecule has 0 unspecified atom stereocenters. The quantitative estimate of drug-likeness (QED) is 0.165. The Morgan fingerprint density at radius 1 is 0.197 bits per heavy atom. The van der Waals surface area contributed by atoms with E-state index in [1.54, 1.807) is 0 Å². The highest BCUT2D eigenvalue weighted by Crippen LogP contribution is 2.55. The molecule has 332 valence electrons. The van der Waals surface area contributed by atoms with Gasteiger partial charge in [-0.15, -0.1) is 0 Å². The highest BCUT2D eigenvalue weighted by Gasteiger charge is 2.49. The molecule has 7 aliphatic heterocycles. The second kappa shape index (κ2) is 22.3. The fourth-order valence-corrected chi connectivity index (χ4v) is 17.8. The molecule has 6 heteroatoms. The van der Waals surface area contributed by atoms with Crippen molar-refractivity contribution in [3.05, 3.63) is 218 Å². The summed E-state index contributed by atoms with van der Waals surface area (Å²) in [6.45, 7) is 2.74. The molecule has 0 saturated carbocycles. The smallest absolute Gasteiger partial charge is 0.144 e. The van der Waals surface area contributed by atoms with Gasteiger partial charge in [0.2, 0.25) is 0 Å². The normalized spacial score (nSPS) is 15.9. The van der Waals surface area contributed by atoms with Crippen LogP contribution >= 0.6 is 14.5 Å². The Kier molecular flexibility index (Phi) is 15.2. The van der Waals surface area contributed by atoms with Crippen molar-refractivity contribution >= 4 is 57.0 Å². The van der Waals surface area contributed by atoms with Crippen molar-refractivity contribution in [3.63, 3.8) is 0 Å². The SMILES string of the molecule is c1ccc([P+]2(c3ccccc3)c3ccc(cc3)OCCCCCCOc3ccc(cc3)[P+](c3ccccc3)(c3ccccc3)c3ccc(cc3)OCCCCCCOc3ccc2cc3)cc1. The van der Waals surface area contributed by atoms with Crippen molar-refractivity contribution in [1.82, 2.24) is 0 Å². The standard InChI is InChI=1S/C60H60O4P2/c1-2-18-46-62-50-31-39-58(40-32-50)66(55-25-13-7-14-26-55,56-27-15-8-16-28-56)60-43-35-52(36-44-60)64-48-20-4-3-19-47-63-51-33-41-59(42-34-51)65(53-21-9-5-10-22-53,54-23-11-6-12-24-54)57-37-29-49(30-38-57)61-45-17-1/h5-16,21-44H,1-4,17-20,45-48H2/q+2. The van der Waals surface area contributed by atoms with E-state index in [4.69, 9.17) is 18.9 Å². The summed E-state index contributed by atoms with van der Waals surface area (Å²) in [4.78, 5) is 0. The Hall–Kier alpha value is -6.18. The largest absolute Gasteiger partial charge is 0.494 e. The minimum absolute atomic E-state index is 0.685. The molecule has 7 heterocycles. The molecule has 0 saturated heterocycles. The lowest BCUT2D eigenvalue weighted by Gasteiger charge is -2.28. The molecule has 66 heavy (non-hydrogen) atoms. The zero-order valence-corrected chi connectivity index (χ0v) is 39.6. The first kappa shape index (κ1) is 45.0. The zero-order valence-electron chi connectivity index (χ0n) is 37.8. The number of rotatable bonds is 4. The molecule has 0 N–H and O–H groups in total. The summed E-state index contributed by atoms with van der Waals surface area (Å²) in [5, 5.41) is 10.4. The van der Waals surface area contributed by atoms with E-state index in [0.717, 1.165) is 74.4 Å². The molecule has 0 amide bonds. The Morgan fingerprint density at radius 3 is 0.576 bits per heavy atom. The van der Waals surface area contributed by atoms with E-state index in [-0.39, 0.29) is 0 Å². The van der Waals surface area contributed by atoms with Gasteiger partial charge in [-0.1, -0.05) is 72.8 Å². The number of hydrogen-bond donors (Lipinski definition) is 0. The van der Waals surface area contributed by atoms with Crippen LogP contribution in [0.2, 0.25) is 0 Å². The van der Waals surface area contributed by atoms with Gasteiger partial charge in [0.25, 0.3) is 0 Å². The summed E-state index contributed by atoms with van der Waals surface area (Å²) < 4.78 is 25.4. The molecule has 8 aromatic carbocycles. The Balaban J connectivity index is 0.949. The highest BCUT2D eigenvalue weighted by atomic mass is 31.2. The lowest BCUT2D eigenvalue weighted by Crippen LogP contribution is -2.38. The average Bonchev–Trinajstić information content (AvgIpc) is 3.39. The van der Waals surface area contributed by atoms with Crippen LogP contribution in [0.15, 0.2) is 218 Å². The van der Waals surface area contributed by atoms with Crippen molar-refractivity contribution in [2.24, 2.45) is 0 Å². The minimum Gasteiger partial charge on any atom is -0.494 e. The molecule has 0 fully saturated rings. The molecule has 0 aliphatic carbocycles. The molecule has 0 spiro atoms. The molecular weight excluding hydrogens is 847 g/mol. The van der Waals surface area contributed by atoms with E-state index < -0.39 is 14.5 Å². The summed E-state index contributed by atoms with van der Waals surface area (Å²) in [7, 11) is -4.50. The third kappa shape index (κ3) is 10.1. The Labute approximate surface area is 393 Å². The monoisotopic (exact) mass is 906 g/mol. The van der Waals surface area contributed by atoms with Gasteiger partial charge in [-0.3, -0.25) is 0 Å². The zero-order chi connectivity index (χ0) is 44.7. The number of benzene rings is 8. The molecule has 0 aromatic heterocycles. The van der Waals surface area contributed by atoms with E-state index in [2.05, 4.69) is 218 Å². The van der Waals surface area contributed by atoms with Gasteiger partial charge in [0, 0.05) is 0 Å². The van der Waals surface area contributed by atoms with E-state index >= 15 is 0 Å². The van der Waals surface area contributed by atoms with E-state index in [0.29, 0.717) is 26.4 Å². The summed E-state index contributed by atoms with van der Waals surface area (Å²) in [5.74, 6) is 3.62. The number of hydrogen-bond acceptors (Lipinski definition) is 4. The summed E-state index contributed by atoms with van der Waals surface area (Å²) in [5.41, 5.74) is 0. The van der Waals surface area contributed by atoms with Gasteiger partial charge in [-0.25, -0.2) is 0 Å². The Bertz CT molecular complexity index is 2280. The maximum atomic E-state index is 6.35. The average molecular weight is 907 g/mol. The third-order valence-electron chi connectivity index (χ3n) is 12.6. The van der Waals surface area contributed by atoms with Crippen LogP contribution in [0, 0.1) is 0 Å². The van der Waals surface area contributed by atoms with Crippen molar-refractivity contribution in [2.45, 2.75) is 51.4 Å². The van der Waals surface area contributed by atoms with E-state index in [1.165, 1.54) is 42.4 Å². The molecule has 8 bridgehead atoms. The highest BCUT2D eigenvalue weighted by molar-refractivity contribution is 8.02. The topological polar surface area (TPSA) is 36.9 Å². The van der Waals surface area contributed by atoms with Crippen LogP contribution in [-0.4, -0.2) is 26.4 Å². The summed E-state index contributed by atoms with van der Waals surface area (Å²) in [6.07, 6.45) is 8.32. The minimum atomic E-state index is -2.25. The van der Waals surface area contributed by atoms with Crippen LogP contribution in [0.4, 0.5) is 0 Å². The molecule has 8 aromatic rings. The molecule has 0 atom stereocenters. The van der Waals surface area contributed by atoms with E-state index in [9.17, 15) is 0 Å². The van der Waals surface area contributed by atoms with E-state index in [1.807, 2.05) is 0 Å². The van der Waals surface area contributed by atoms with Crippen molar-refractivity contribution in [3.8, 4) is 23.0 Å². The molecular formula is C60H60O4P2+2. The second-order valence-electron chi connectivity index (χ2n) is 16.9. The first-order valence-corrected chi connectivity index (χ1v) is 27.3. The molecule has 7 aliphatic rings. The maximum Gasteiger partial charge on any atom is 0.144 e. The van der Waals surface area contributed by atoms with Crippen LogP contribution < -0.4 is 61.4 Å². The van der Waals surface area contributed by atoms with Crippen LogP contribution in [0.25, 0.3) is 0 Å². The predicted molar refractivity (Wildman–Crippen MR) is 281 cm³/mol. The number of ether oxygens (including phenoxy) is 4. The van der Waals surface area contributed by atoms with Gasteiger partial charge in [-0.2, -0.15) is 0 Å². The fraction of sp³-hybridized carbons (Fsp3) is 0.200. The van der Waals surface area contributed by atoms with Crippen LogP contribution in [0.3, 0.4) is 0 Å². The van der Waals surface area contributed by atoms with Crippen LogP contribution in [-0.2, 0) is 0 Å². The molecule has 4 nitrogen and oxygen atoms in total. The molecule has 0 radical (unpaired) electrons. The summed E-state index contributed by atoms with van der Waals surface area (Å²) >= 11 is 0. The summed E-state index contributed by atoms with van der Waals surface area (Å²) in [6, 6.07) is 79.6. The second-order valence-corrected chi connectivity index (χ2v) is 23.7. The van der Waals surface area contributed by atoms with Gasteiger partial charge in [0.15, 0.2) is 0 Å². The lowest BCUT2D eigenvalue weighted by molar-refractivity contribution is 0.287. The van der Waals surface area contributed by atoms with Crippen molar-refractivity contribution < 1.29 is 18.9 Å². The van der Waals surface area contributed by atoms with Crippen LogP contribution in [0.5, 0.6) is 23.0 Å². The predicted octanol–water partition coefficient (Wildman–Crippen LogP) is 11.3. The fourth-order valence-electron chi connectivity index (χ4n) is 9.33. The third-order valence-corrected chi connectivity index (χ3v) is 21.2. The lowest BCUT2D eigenvalue weighted by atomic mass is 10.2. The van der Waals surface area contributed by atoms with Crippen molar-refractivity contribution in [2.75, 3.05) is 26.4 Å². The van der Waals surface area contributed by atoms with Crippen molar-refractivity contribution in [1.29, 1.82) is 0 Å². The Morgan fingerprint density at radius 2 is 0.379 bits per heavy atom. The van der Waals surface area contributed by atoms with Gasteiger partial charge in [-0.05, 0) is 197 Å². The van der Waals surface area contributed by atoms with Gasteiger partial charge in [0.05, 0.1) is 26.4 Å². The van der Waals surface area contributed by atoms with Gasteiger partial charge >= 0.3 is 0 Å². The first-order chi connectivity index (χ1) is 32.7. The van der Waals surface area contributed by atoms with Crippen LogP contribution in [0.1, 0.15) is 51.4 Å².